The summed E-state index contributed by atoms with van der Waals surface area (Å²) in [5, 5.41) is 5.74. The van der Waals surface area contributed by atoms with Crippen LogP contribution in [0.5, 0.6) is 11.5 Å². The van der Waals surface area contributed by atoms with Gasteiger partial charge < -0.3 is 9.30 Å². The first-order chi connectivity index (χ1) is 27.3. The molecule has 0 atom stereocenters. The number of nitrogens with zero attached hydrogens (tertiary/aromatic N) is 4. The summed E-state index contributed by atoms with van der Waals surface area (Å²) in [5.74, 6) is 2.34. The molecule has 0 amide bonds. The van der Waals surface area contributed by atoms with Gasteiger partial charge in [0.2, 0.25) is 5.95 Å². The van der Waals surface area contributed by atoms with Crippen LogP contribution in [-0.4, -0.2) is 19.1 Å². The van der Waals surface area contributed by atoms with Crippen molar-refractivity contribution in [1.82, 2.24) is 19.1 Å². The van der Waals surface area contributed by atoms with Gasteiger partial charge in [-0.1, -0.05) is 140 Å². The molecule has 12 rings (SSSR count). The number of hydrogen-bond acceptors (Lipinski definition) is 3. The van der Waals surface area contributed by atoms with E-state index in [0.717, 1.165) is 77.8 Å². The molecule has 0 unspecified atom stereocenters. The van der Waals surface area contributed by atoms with Crippen molar-refractivity contribution in [2.24, 2.45) is 0 Å². The smallest absolute Gasteiger partial charge is 0.235 e. The number of rotatable bonds is 4. The minimum Gasteiger partial charge on any atom is -0.453 e. The van der Waals surface area contributed by atoms with Crippen LogP contribution in [0.1, 0.15) is 0 Å². The van der Waals surface area contributed by atoms with Crippen LogP contribution in [0.3, 0.4) is 0 Å². The highest BCUT2D eigenvalue weighted by Gasteiger charge is 2.24. The summed E-state index contributed by atoms with van der Waals surface area (Å²) in [6.45, 7) is 0. The Morgan fingerprint density at radius 2 is 0.964 bits per heavy atom. The molecular weight excluding hydrogens is 673 g/mol. The Kier molecular flexibility index (Phi) is 6.27. The molecule has 5 heteroatoms. The molecule has 0 N–H and O–H groups in total. The zero-order chi connectivity index (χ0) is 36.0. The first-order valence-corrected chi connectivity index (χ1v) is 18.6. The first kappa shape index (κ1) is 30.0. The molecule has 0 saturated heterocycles. The molecule has 11 aromatic rings. The lowest BCUT2D eigenvalue weighted by Gasteiger charge is -2.21. The van der Waals surface area contributed by atoms with Gasteiger partial charge in [0.05, 0.1) is 39.0 Å². The normalized spacial score (nSPS) is 12.1. The Morgan fingerprint density at radius 3 is 1.80 bits per heavy atom. The standard InChI is InChI=1S/C50H30N4O/c1-2-11-31(12-3-1)32-21-23-33(24-22-32)48-40-15-4-7-17-41(40)51-50(52-48)54-43-19-9-5-13-36(43)38-27-25-34(29-45(38)54)35-26-28-44-47(30-35)55-46-20-10-16-39-37-14-6-8-18-42(37)53(44)49(39)46/h1-30H. The van der Waals surface area contributed by atoms with Crippen LogP contribution in [-0.2, 0) is 0 Å². The molecule has 8 aromatic carbocycles. The Hall–Kier alpha value is -7.50. The molecule has 1 aliphatic heterocycles. The van der Waals surface area contributed by atoms with Crippen LogP contribution < -0.4 is 4.74 Å². The van der Waals surface area contributed by atoms with Gasteiger partial charge in [0, 0.05) is 32.5 Å². The maximum Gasteiger partial charge on any atom is 0.235 e. The van der Waals surface area contributed by atoms with Gasteiger partial charge >= 0.3 is 0 Å². The van der Waals surface area contributed by atoms with Gasteiger partial charge in [-0.3, -0.25) is 4.57 Å². The fourth-order valence-electron chi connectivity index (χ4n) is 8.60. The van der Waals surface area contributed by atoms with Crippen molar-refractivity contribution in [1.29, 1.82) is 0 Å². The highest BCUT2D eigenvalue weighted by Crippen LogP contribution is 2.46. The van der Waals surface area contributed by atoms with E-state index in [-0.39, 0.29) is 0 Å². The Labute approximate surface area is 316 Å². The predicted molar refractivity (Wildman–Crippen MR) is 225 cm³/mol. The molecule has 1 aliphatic rings. The van der Waals surface area contributed by atoms with Gasteiger partial charge in [0.15, 0.2) is 11.5 Å². The van der Waals surface area contributed by atoms with Crippen LogP contribution in [0.2, 0.25) is 0 Å². The van der Waals surface area contributed by atoms with Gasteiger partial charge in [-0.25, -0.2) is 9.97 Å². The summed E-state index contributed by atoms with van der Waals surface area (Å²) in [6, 6.07) is 64.2. The molecule has 0 saturated carbocycles. The second-order valence-electron chi connectivity index (χ2n) is 14.2. The summed E-state index contributed by atoms with van der Waals surface area (Å²) in [6.07, 6.45) is 0. The van der Waals surface area contributed by atoms with Gasteiger partial charge in [0.1, 0.15) is 0 Å². The van der Waals surface area contributed by atoms with Gasteiger partial charge in [-0.05, 0) is 64.7 Å². The number of benzene rings is 8. The zero-order valence-corrected chi connectivity index (χ0v) is 29.5. The Morgan fingerprint density at radius 1 is 0.364 bits per heavy atom. The summed E-state index contributed by atoms with van der Waals surface area (Å²) in [5.41, 5.74) is 12.8. The molecule has 3 aromatic heterocycles. The minimum absolute atomic E-state index is 0.637. The first-order valence-electron chi connectivity index (χ1n) is 18.6. The molecule has 0 spiro atoms. The van der Waals surface area contributed by atoms with Crippen molar-refractivity contribution in [3.05, 3.63) is 182 Å². The van der Waals surface area contributed by atoms with E-state index in [4.69, 9.17) is 14.7 Å². The lowest BCUT2D eigenvalue weighted by molar-refractivity contribution is 0.476. The van der Waals surface area contributed by atoms with Crippen molar-refractivity contribution < 1.29 is 4.74 Å². The fourth-order valence-corrected chi connectivity index (χ4v) is 8.60. The monoisotopic (exact) mass is 702 g/mol. The molecular formula is C50H30N4O. The quantitative estimate of drug-likeness (QED) is 0.183. The third kappa shape index (κ3) is 4.47. The lowest BCUT2D eigenvalue weighted by atomic mass is 10.0. The lowest BCUT2D eigenvalue weighted by Crippen LogP contribution is -2.04. The van der Waals surface area contributed by atoms with Crippen molar-refractivity contribution in [2.75, 3.05) is 0 Å². The summed E-state index contributed by atoms with van der Waals surface area (Å²) >= 11 is 0. The van der Waals surface area contributed by atoms with Crippen LogP contribution >= 0.6 is 0 Å². The van der Waals surface area contributed by atoms with Crippen LogP contribution in [0.25, 0.3) is 99.7 Å². The third-order valence-electron chi connectivity index (χ3n) is 11.1. The highest BCUT2D eigenvalue weighted by atomic mass is 16.5. The molecule has 55 heavy (non-hydrogen) atoms. The second kappa shape index (κ2) is 11.5. The topological polar surface area (TPSA) is 44.9 Å². The summed E-state index contributed by atoms with van der Waals surface area (Å²) < 4.78 is 11.2. The summed E-state index contributed by atoms with van der Waals surface area (Å²) in [7, 11) is 0. The van der Waals surface area contributed by atoms with Gasteiger partial charge in [-0.15, -0.1) is 0 Å². The van der Waals surface area contributed by atoms with E-state index in [0.29, 0.717) is 5.95 Å². The Balaban J connectivity index is 1.03. The van der Waals surface area contributed by atoms with Crippen LogP contribution in [0, 0.1) is 0 Å². The average Bonchev–Trinajstić information content (AvgIpc) is 3.77. The second-order valence-corrected chi connectivity index (χ2v) is 14.2. The van der Waals surface area contributed by atoms with E-state index in [1.807, 2.05) is 12.1 Å². The van der Waals surface area contributed by atoms with Crippen molar-refractivity contribution >= 4 is 54.5 Å². The van der Waals surface area contributed by atoms with E-state index >= 15 is 0 Å². The molecule has 256 valence electrons. The molecule has 0 fully saturated rings. The van der Waals surface area contributed by atoms with Gasteiger partial charge in [-0.2, -0.15) is 0 Å². The number of hydrogen-bond donors (Lipinski definition) is 0. The number of para-hydroxylation sites is 4. The Bertz CT molecular complexity index is 3340. The molecule has 0 aliphatic carbocycles. The zero-order valence-electron chi connectivity index (χ0n) is 29.5. The molecule has 0 radical (unpaired) electrons. The molecule has 5 nitrogen and oxygen atoms in total. The van der Waals surface area contributed by atoms with E-state index in [1.165, 1.54) is 27.4 Å². The number of ether oxygens (including phenoxy) is 1. The van der Waals surface area contributed by atoms with Crippen molar-refractivity contribution in [3.8, 4) is 56.6 Å². The number of aromatic nitrogens is 4. The average molecular weight is 703 g/mol. The maximum atomic E-state index is 6.65. The van der Waals surface area contributed by atoms with Gasteiger partial charge in [0.25, 0.3) is 0 Å². The largest absolute Gasteiger partial charge is 0.453 e. The van der Waals surface area contributed by atoms with Crippen LogP contribution in [0.4, 0.5) is 0 Å². The van der Waals surface area contributed by atoms with E-state index in [2.05, 4.69) is 179 Å². The highest BCUT2D eigenvalue weighted by molar-refractivity contribution is 6.13. The number of fused-ring (bicyclic) bond motifs is 9. The third-order valence-corrected chi connectivity index (χ3v) is 11.1. The predicted octanol–water partition coefficient (Wildman–Crippen LogP) is 12.9. The fraction of sp³-hybridized carbons (Fsp3) is 0. The SMILES string of the molecule is c1ccc(-c2ccc(-c3nc(-n4c5ccccc5c5ccc(-c6ccc7c(c6)Oc6cccc8c9ccccc9n-7c68)cc54)nc4ccccc34)cc2)cc1. The van der Waals surface area contributed by atoms with Crippen molar-refractivity contribution in [3.63, 3.8) is 0 Å². The maximum absolute atomic E-state index is 6.65. The van der Waals surface area contributed by atoms with E-state index < -0.39 is 0 Å². The van der Waals surface area contributed by atoms with E-state index in [1.54, 1.807) is 0 Å². The summed E-state index contributed by atoms with van der Waals surface area (Å²) in [4.78, 5) is 10.6. The molecule has 4 heterocycles. The van der Waals surface area contributed by atoms with E-state index in [9.17, 15) is 0 Å². The molecule has 0 bridgehead atoms. The van der Waals surface area contributed by atoms with Crippen molar-refractivity contribution in [2.45, 2.75) is 0 Å². The minimum atomic E-state index is 0.637. The van der Waals surface area contributed by atoms with Crippen LogP contribution in [0.15, 0.2) is 182 Å².